The van der Waals surface area contributed by atoms with Crippen LogP contribution in [0.4, 0.5) is 0 Å². The lowest BCUT2D eigenvalue weighted by Gasteiger charge is -2.34. The largest absolute Gasteiger partial charge is 0.342 e. The van der Waals surface area contributed by atoms with Crippen LogP contribution < -0.4 is 0 Å². The van der Waals surface area contributed by atoms with E-state index in [9.17, 15) is 4.79 Å². The van der Waals surface area contributed by atoms with Crippen LogP contribution in [0, 0.1) is 5.92 Å². The van der Waals surface area contributed by atoms with Gasteiger partial charge in [-0.1, -0.05) is 31.2 Å². The smallest absolute Gasteiger partial charge is 0.231 e. The lowest BCUT2D eigenvalue weighted by molar-refractivity contribution is -0.137. The minimum absolute atomic E-state index is 0.165. The summed E-state index contributed by atoms with van der Waals surface area (Å²) in [4.78, 5) is 19.2. The Morgan fingerprint density at radius 1 is 1.36 bits per heavy atom. The van der Waals surface area contributed by atoms with Crippen LogP contribution in [0.5, 0.6) is 0 Å². The van der Waals surface area contributed by atoms with Gasteiger partial charge in [-0.05, 0) is 32.1 Å². The number of nitrogens with zero attached hydrogens (tertiary/aromatic N) is 3. The molecule has 2 atom stereocenters. The topological polar surface area (TPSA) is 59.2 Å². The number of rotatable bonds is 3. The molecule has 0 spiro atoms. The fourth-order valence-corrected chi connectivity index (χ4v) is 3.30. The van der Waals surface area contributed by atoms with Crippen LogP contribution in [0.15, 0.2) is 16.7 Å². The van der Waals surface area contributed by atoms with Crippen molar-refractivity contribution in [2.45, 2.75) is 57.8 Å². The summed E-state index contributed by atoms with van der Waals surface area (Å²) in [5.74, 6) is 2.39. The normalized spacial score (nSPS) is 25.7. The van der Waals surface area contributed by atoms with E-state index in [0.29, 0.717) is 11.8 Å². The first-order valence-electron chi connectivity index (χ1n) is 8.42. The number of aromatic nitrogens is 2. The highest BCUT2D eigenvalue weighted by Crippen LogP contribution is 2.29. The molecular weight excluding hydrogens is 278 g/mol. The molecule has 0 saturated carbocycles. The standard InChI is InChI=1S/C17H25N3O2/c1-12(2)15-18-16(22-19-15)14-9-6-10-20(11-14)17(21)13-7-4-3-5-8-13/h3-4,12-14H,5-11H2,1-2H3. The Morgan fingerprint density at radius 3 is 2.91 bits per heavy atom. The zero-order valence-electron chi connectivity index (χ0n) is 13.5. The van der Waals surface area contributed by atoms with Crippen molar-refractivity contribution in [3.8, 4) is 0 Å². The van der Waals surface area contributed by atoms with Crippen molar-refractivity contribution in [2.75, 3.05) is 13.1 Å². The predicted molar refractivity (Wildman–Crippen MR) is 83.4 cm³/mol. The number of allylic oxidation sites excluding steroid dienone is 2. The van der Waals surface area contributed by atoms with Crippen LogP contribution in [0.2, 0.25) is 0 Å². The average molecular weight is 303 g/mol. The molecule has 1 aliphatic heterocycles. The van der Waals surface area contributed by atoms with Gasteiger partial charge in [0.2, 0.25) is 11.8 Å². The van der Waals surface area contributed by atoms with E-state index in [2.05, 4.69) is 36.1 Å². The van der Waals surface area contributed by atoms with Gasteiger partial charge in [0.05, 0.1) is 5.92 Å². The van der Waals surface area contributed by atoms with Gasteiger partial charge in [-0.2, -0.15) is 4.98 Å². The second kappa shape index (κ2) is 6.63. The summed E-state index contributed by atoms with van der Waals surface area (Å²) in [6.07, 6.45) is 9.24. The van der Waals surface area contributed by atoms with E-state index in [1.165, 1.54) is 0 Å². The van der Waals surface area contributed by atoms with Gasteiger partial charge in [-0.15, -0.1) is 0 Å². The lowest BCUT2D eigenvalue weighted by Crippen LogP contribution is -2.42. The van der Waals surface area contributed by atoms with Gasteiger partial charge in [0.1, 0.15) is 0 Å². The monoisotopic (exact) mass is 303 g/mol. The van der Waals surface area contributed by atoms with Gasteiger partial charge in [-0.3, -0.25) is 4.79 Å². The maximum absolute atomic E-state index is 12.7. The summed E-state index contributed by atoms with van der Waals surface area (Å²) < 4.78 is 5.43. The highest BCUT2D eigenvalue weighted by atomic mass is 16.5. The number of hydrogen-bond acceptors (Lipinski definition) is 4. The van der Waals surface area contributed by atoms with E-state index in [1.54, 1.807) is 0 Å². The van der Waals surface area contributed by atoms with E-state index >= 15 is 0 Å². The second-order valence-corrected chi connectivity index (χ2v) is 6.75. The highest BCUT2D eigenvalue weighted by molar-refractivity contribution is 5.79. The molecule has 2 unspecified atom stereocenters. The van der Waals surface area contributed by atoms with E-state index in [0.717, 1.165) is 51.0 Å². The summed E-state index contributed by atoms with van der Waals surface area (Å²) in [6, 6.07) is 0. The number of carbonyl (C=O) groups is 1. The third-order valence-corrected chi connectivity index (χ3v) is 4.67. The Balaban J connectivity index is 1.65. The number of hydrogen-bond donors (Lipinski definition) is 0. The van der Waals surface area contributed by atoms with E-state index in [4.69, 9.17) is 4.52 Å². The Hall–Kier alpha value is -1.65. The van der Waals surface area contributed by atoms with Crippen molar-refractivity contribution < 1.29 is 9.32 Å². The van der Waals surface area contributed by atoms with Crippen LogP contribution in [0.25, 0.3) is 0 Å². The van der Waals surface area contributed by atoms with Gasteiger partial charge in [-0.25, -0.2) is 0 Å². The Morgan fingerprint density at radius 2 is 2.23 bits per heavy atom. The van der Waals surface area contributed by atoms with E-state index in [1.807, 2.05) is 4.90 Å². The van der Waals surface area contributed by atoms with Crippen LogP contribution in [-0.4, -0.2) is 34.0 Å². The number of likely N-dealkylation sites (tertiary alicyclic amines) is 1. The van der Waals surface area contributed by atoms with Crippen LogP contribution in [0.3, 0.4) is 0 Å². The summed E-state index contributed by atoms with van der Waals surface area (Å²) in [6.45, 7) is 5.70. The quantitative estimate of drug-likeness (QED) is 0.804. The van der Waals surface area contributed by atoms with Crippen molar-refractivity contribution in [3.63, 3.8) is 0 Å². The molecule has 0 aromatic carbocycles. The highest BCUT2D eigenvalue weighted by Gasteiger charge is 2.31. The molecule has 1 aromatic heterocycles. The Kier molecular flexibility index (Phi) is 4.60. The molecule has 0 bridgehead atoms. The van der Waals surface area contributed by atoms with Crippen LogP contribution in [0.1, 0.15) is 69.5 Å². The van der Waals surface area contributed by atoms with Crippen molar-refractivity contribution in [2.24, 2.45) is 5.92 Å². The lowest BCUT2D eigenvalue weighted by atomic mass is 9.91. The fraction of sp³-hybridized carbons (Fsp3) is 0.706. The molecule has 22 heavy (non-hydrogen) atoms. The molecule has 120 valence electrons. The molecule has 5 nitrogen and oxygen atoms in total. The molecule has 2 heterocycles. The Bertz CT molecular complexity index is 550. The van der Waals surface area contributed by atoms with Crippen molar-refractivity contribution >= 4 is 5.91 Å². The molecule has 2 aliphatic rings. The average Bonchev–Trinajstić information content (AvgIpc) is 3.05. The van der Waals surface area contributed by atoms with Crippen molar-refractivity contribution in [3.05, 3.63) is 23.9 Å². The molecule has 1 fully saturated rings. The zero-order chi connectivity index (χ0) is 15.5. The first-order chi connectivity index (χ1) is 10.6. The molecule has 3 rings (SSSR count). The Labute approximate surface area is 131 Å². The van der Waals surface area contributed by atoms with Gasteiger partial charge in [0, 0.05) is 24.9 Å². The number of carbonyl (C=O) groups excluding carboxylic acids is 1. The maximum atomic E-state index is 12.7. The first kappa shape index (κ1) is 15.3. The summed E-state index contributed by atoms with van der Waals surface area (Å²) in [5, 5.41) is 4.05. The van der Waals surface area contributed by atoms with Gasteiger partial charge in [0.15, 0.2) is 5.82 Å². The van der Waals surface area contributed by atoms with Crippen molar-refractivity contribution in [1.29, 1.82) is 0 Å². The van der Waals surface area contributed by atoms with E-state index < -0.39 is 0 Å². The molecule has 1 saturated heterocycles. The SMILES string of the molecule is CC(C)c1noc(C2CCCN(C(=O)C3CC=CCC3)C2)n1. The zero-order valence-corrected chi connectivity index (χ0v) is 13.5. The van der Waals surface area contributed by atoms with Gasteiger partial charge >= 0.3 is 0 Å². The fourth-order valence-electron chi connectivity index (χ4n) is 3.30. The second-order valence-electron chi connectivity index (χ2n) is 6.75. The van der Waals surface area contributed by atoms with Gasteiger partial charge in [0.25, 0.3) is 0 Å². The first-order valence-corrected chi connectivity index (χ1v) is 8.42. The summed E-state index contributed by atoms with van der Waals surface area (Å²) in [7, 11) is 0. The maximum Gasteiger partial charge on any atom is 0.231 e. The number of piperidine rings is 1. The van der Waals surface area contributed by atoms with Crippen molar-refractivity contribution in [1.82, 2.24) is 15.0 Å². The number of amides is 1. The van der Waals surface area contributed by atoms with E-state index in [-0.39, 0.29) is 17.8 Å². The van der Waals surface area contributed by atoms with Crippen LogP contribution in [-0.2, 0) is 4.79 Å². The minimum Gasteiger partial charge on any atom is -0.342 e. The third-order valence-electron chi connectivity index (χ3n) is 4.67. The molecule has 1 aliphatic carbocycles. The van der Waals surface area contributed by atoms with Gasteiger partial charge < -0.3 is 9.42 Å². The van der Waals surface area contributed by atoms with Crippen LogP contribution >= 0.6 is 0 Å². The minimum atomic E-state index is 0.165. The summed E-state index contributed by atoms with van der Waals surface area (Å²) >= 11 is 0. The predicted octanol–water partition coefficient (Wildman–Crippen LogP) is 3.26. The molecule has 5 heteroatoms. The molecule has 1 amide bonds. The molecule has 0 radical (unpaired) electrons. The third kappa shape index (κ3) is 3.23. The molecular formula is C17H25N3O2. The molecule has 0 N–H and O–H groups in total. The summed E-state index contributed by atoms with van der Waals surface area (Å²) in [5.41, 5.74) is 0. The molecule has 1 aromatic rings.